The Balaban J connectivity index is 1.55. The number of fused-ring (bicyclic) bond motifs is 3. The molecule has 1 saturated carbocycles. The van der Waals surface area contributed by atoms with E-state index in [2.05, 4.69) is 21.2 Å². The van der Waals surface area contributed by atoms with Crippen LogP contribution in [-0.4, -0.2) is 34.9 Å². The molecule has 4 rings (SSSR count). The molecule has 2 aliphatic heterocycles. The highest BCUT2D eigenvalue weighted by atomic mass is 16.1. The average molecular weight is 272 g/mol. The van der Waals surface area contributed by atoms with Crippen molar-refractivity contribution in [2.24, 2.45) is 5.92 Å². The molecular formula is C15H20N4O. The summed E-state index contributed by atoms with van der Waals surface area (Å²) in [6, 6.07) is 4.59. The van der Waals surface area contributed by atoms with Gasteiger partial charge in [-0.2, -0.15) is 0 Å². The molecular weight excluding hydrogens is 252 g/mol. The zero-order valence-electron chi connectivity index (χ0n) is 11.4. The standard InChI is InChI=1S/C15H20N4O/c20-15(9-5-7-16-8-6-9)14-13-12(18-19-14)10-3-1-2-4-11(10)17-13/h5-8,10-14,17-19H,1-4H2. The number of carbonyl (C=O) groups is 1. The van der Waals surface area contributed by atoms with E-state index < -0.39 is 0 Å². The molecule has 3 N–H and O–H groups in total. The van der Waals surface area contributed by atoms with Crippen LogP contribution in [0.15, 0.2) is 24.5 Å². The average Bonchev–Trinajstić information content (AvgIpc) is 3.06. The molecule has 5 nitrogen and oxygen atoms in total. The maximum atomic E-state index is 12.6. The molecule has 0 aromatic carbocycles. The number of hydrazine groups is 1. The van der Waals surface area contributed by atoms with Crippen LogP contribution < -0.4 is 16.2 Å². The summed E-state index contributed by atoms with van der Waals surface area (Å²) >= 11 is 0. The summed E-state index contributed by atoms with van der Waals surface area (Å²) < 4.78 is 0. The number of carbonyl (C=O) groups excluding carboxylic acids is 1. The van der Waals surface area contributed by atoms with Gasteiger partial charge in [-0.25, -0.2) is 5.43 Å². The van der Waals surface area contributed by atoms with Crippen molar-refractivity contribution >= 4 is 5.78 Å². The summed E-state index contributed by atoms with van der Waals surface area (Å²) in [5, 5.41) is 3.69. The molecule has 5 unspecified atom stereocenters. The van der Waals surface area contributed by atoms with E-state index in [1.807, 2.05) is 0 Å². The Morgan fingerprint density at radius 2 is 1.90 bits per heavy atom. The number of rotatable bonds is 2. The van der Waals surface area contributed by atoms with Gasteiger partial charge < -0.3 is 5.32 Å². The van der Waals surface area contributed by atoms with Crippen molar-refractivity contribution in [2.75, 3.05) is 0 Å². The Kier molecular flexibility index (Phi) is 3.06. The minimum absolute atomic E-state index is 0.151. The molecule has 1 aliphatic carbocycles. The predicted molar refractivity (Wildman–Crippen MR) is 75.1 cm³/mol. The monoisotopic (exact) mass is 272 g/mol. The highest BCUT2D eigenvalue weighted by Crippen LogP contribution is 2.36. The number of nitrogens with zero attached hydrogens (tertiary/aromatic N) is 1. The van der Waals surface area contributed by atoms with Gasteiger partial charge in [0.15, 0.2) is 5.78 Å². The third-order valence-electron chi connectivity index (χ3n) is 5.09. The van der Waals surface area contributed by atoms with E-state index in [0.29, 0.717) is 18.0 Å². The fourth-order valence-corrected chi connectivity index (χ4v) is 4.11. The Labute approximate surface area is 118 Å². The van der Waals surface area contributed by atoms with Gasteiger partial charge in [-0.1, -0.05) is 12.8 Å². The van der Waals surface area contributed by atoms with Gasteiger partial charge in [0, 0.05) is 36.1 Å². The van der Waals surface area contributed by atoms with E-state index in [0.717, 1.165) is 5.56 Å². The number of pyridine rings is 1. The van der Waals surface area contributed by atoms with Crippen LogP contribution in [0, 0.1) is 5.92 Å². The summed E-state index contributed by atoms with van der Waals surface area (Å²) in [6.45, 7) is 0. The molecule has 0 amide bonds. The van der Waals surface area contributed by atoms with Crippen LogP contribution in [-0.2, 0) is 0 Å². The van der Waals surface area contributed by atoms with Crippen LogP contribution in [0.4, 0.5) is 0 Å². The topological polar surface area (TPSA) is 66.0 Å². The molecule has 3 heterocycles. The van der Waals surface area contributed by atoms with Crippen molar-refractivity contribution in [3.8, 4) is 0 Å². The quantitative estimate of drug-likeness (QED) is 0.690. The number of aromatic nitrogens is 1. The smallest absolute Gasteiger partial charge is 0.182 e. The second-order valence-electron chi connectivity index (χ2n) is 6.14. The van der Waals surface area contributed by atoms with E-state index in [1.54, 1.807) is 24.5 Å². The molecule has 1 aromatic heterocycles. The fourth-order valence-electron chi connectivity index (χ4n) is 4.11. The zero-order chi connectivity index (χ0) is 13.5. The molecule has 106 valence electrons. The summed E-state index contributed by atoms with van der Waals surface area (Å²) in [6.07, 6.45) is 8.49. The van der Waals surface area contributed by atoms with Crippen molar-refractivity contribution in [1.82, 2.24) is 21.2 Å². The van der Waals surface area contributed by atoms with Gasteiger partial charge in [-0.15, -0.1) is 0 Å². The third kappa shape index (κ3) is 1.89. The summed E-state index contributed by atoms with van der Waals surface area (Å²) in [5.41, 5.74) is 7.31. The maximum absolute atomic E-state index is 12.6. The lowest BCUT2D eigenvalue weighted by atomic mass is 9.82. The molecule has 3 aliphatic rings. The first kappa shape index (κ1) is 12.4. The molecule has 2 saturated heterocycles. The van der Waals surface area contributed by atoms with E-state index in [9.17, 15) is 4.79 Å². The van der Waals surface area contributed by atoms with Crippen molar-refractivity contribution < 1.29 is 4.79 Å². The molecule has 5 atom stereocenters. The molecule has 0 spiro atoms. The van der Waals surface area contributed by atoms with E-state index in [1.165, 1.54) is 25.7 Å². The molecule has 0 radical (unpaired) electrons. The lowest BCUT2D eigenvalue weighted by molar-refractivity contribution is 0.0937. The van der Waals surface area contributed by atoms with Crippen LogP contribution in [0.2, 0.25) is 0 Å². The second kappa shape index (κ2) is 4.91. The number of hydrogen-bond donors (Lipinski definition) is 3. The predicted octanol–water partition coefficient (Wildman–Crippen LogP) is 0.640. The lowest BCUT2D eigenvalue weighted by Gasteiger charge is -2.28. The first-order valence-corrected chi connectivity index (χ1v) is 7.56. The van der Waals surface area contributed by atoms with Crippen molar-refractivity contribution in [3.63, 3.8) is 0 Å². The van der Waals surface area contributed by atoms with Gasteiger partial charge in [-0.3, -0.25) is 15.2 Å². The van der Waals surface area contributed by atoms with Crippen LogP contribution in [0.1, 0.15) is 36.0 Å². The van der Waals surface area contributed by atoms with E-state index in [-0.39, 0.29) is 17.9 Å². The molecule has 1 aromatic rings. The van der Waals surface area contributed by atoms with Crippen molar-refractivity contribution in [1.29, 1.82) is 0 Å². The Hall–Kier alpha value is -1.30. The highest BCUT2D eigenvalue weighted by molar-refractivity contribution is 6.00. The first-order valence-electron chi connectivity index (χ1n) is 7.56. The van der Waals surface area contributed by atoms with Gasteiger partial charge in [0.05, 0.1) is 0 Å². The number of hydrogen-bond acceptors (Lipinski definition) is 5. The Morgan fingerprint density at radius 3 is 2.75 bits per heavy atom. The maximum Gasteiger partial charge on any atom is 0.182 e. The van der Waals surface area contributed by atoms with Crippen LogP contribution >= 0.6 is 0 Å². The van der Waals surface area contributed by atoms with Gasteiger partial charge in [0.25, 0.3) is 0 Å². The lowest BCUT2D eigenvalue weighted by Crippen LogP contribution is -2.48. The SMILES string of the molecule is O=C(c1ccncc1)C1NNC2C3CCCCC3NC12. The number of nitrogens with one attached hydrogen (secondary N) is 3. The highest BCUT2D eigenvalue weighted by Gasteiger charge is 2.51. The molecule has 20 heavy (non-hydrogen) atoms. The Bertz CT molecular complexity index is 506. The summed E-state index contributed by atoms with van der Waals surface area (Å²) in [4.78, 5) is 16.6. The minimum Gasteiger partial charge on any atom is -0.307 e. The number of ketones is 1. The van der Waals surface area contributed by atoms with Crippen LogP contribution in [0.3, 0.4) is 0 Å². The van der Waals surface area contributed by atoms with Gasteiger partial charge in [0.1, 0.15) is 6.04 Å². The van der Waals surface area contributed by atoms with E-state index in [4.69, 9.17) is 0 Å². The number of Topliss-reactive ketones (excluding diaryl/α,β-unsaturated/α-hetero) is 1. The summed E-state index contributed by atoms with van der Waals surface area (Å²) in [5.74, 6) is 0.815. The molecule has 3 fully saturated rings. The largest absolute Gasteiger partial charge is 0.307 e. The molecule has 0 bridgehead atoms. The normalized spacial score (nSPS) is 39.3. The van der Waals surface area contributed by atoms with Crippen LogP contribution in [0.25, 0.3) is 0 Å². The van der Waals surface area contributed by atoms with Crippen LogP contribution in [0.5, 0.6) is 0 Å². The fraction of sp³-hybridized carbons (Fsp3) is 0.600. The van der Waals surface area contributed by atoms with Gasteiger partial charge >= 0.3 is 0 Å². The van der Waals surface area contributed by atoms with Gasteiger partial charge in [0.2, 0.25) is 0 Å². The molecule has 5 heteroatoms. The third-order valence-corrected chi connectivity index (χ3v) is 5.09. The summed E-state index contributed by atoms with van der Waals surface area (Å²) in [7, 11) is 0. The Morgan fingerprint density at radius 1 is 1.10 bits per heavy atom. The van der Waals surface area contributed by atoms with E-state index >= 15 is 0 Å². The zero-order valence-corrected chi connectivity index (χ0v) is 11.4. The minimum atomic E-state index is -0.173. The van der Waals surface area contributed by atoms with Crippen molar-refractivity contribution in [2.45, 2.75) is 49.9 Å². The van der Waals surface area contributed by atoms with Crippen molar-refractivity contribution in [3.05, 3.63) is 30.1 Å². The second-order valence-corrected chi connectivity index (χ2v) is 6.14. The first-order chi connectivity index (χ1) is 9.84. The van der Waals surface area contributed by atoms with Gasteiger partial charge in [-0.05, 0) is 30.9 Å².